The van der Waals surface area contributed by atoms with E-state index < -0.39 is 6.04 Å². The lowest BCUT2D eigenvalue weighted by Gasteiger charge is -2.39. The van der Waals surface area contributed by atoms with Gasteiger partial charge in [0.25, 0.3) is 0 Å². The second-order valence-corrected chi connectivity index (χ2v) is 9.36. The van der Waals surface area contributed by atoms with Gasteiger partial charge in [-0.2, -0.15) is 0 Å². The van der Waals surface area contributed by atoms with Crippen LogP contribution in [0.25, 0.3) is 0 Å². The van der Waals surface area contributed by atoms with Gasteiger partial charge in [0.1, 0.15) is 6.04 Å². The minimum absolute atomic E-state index is 0.00146. The van der Waals surface area contributed by atoms with Gasteiger partial charge in [-0.3, -0.25) is 4.79 Å². The molecule has 0 unspecified atom stereocenters. The first-order valence-electron chi connectivity index (χ1n) is 12.2. The fourth-order valence-electron chi connectivity index (χ4n) is 5.29. The number of amides is 1. The fourth-order valence-corrected chi connectivity index (χ4v) is 5.29. The van der Waals surface area contributed by atoms with Crippen molar-refractivity contribution >= 4 is 11.9 Å². The summed E-state index contributed by atoms with van der Waals surface area (Å²) >= 11 is 0. The number of ether oxygens (including phenoxy) is 4. The van der Waals surface area contributed by atoms with Gasteiger partial charge in [-0.05, 0) is 69.6 Å². The highest BCUT2D eigenvalue weighted by molar-refractivity contribution is 5.89. The smallest absolute Gasteiger partial charge is 0.329 e. The van der Waals surface area contributed by atoms with Gasteiger partial charge in [-0.1, -0.05) is 19.3 Å². The third kappa shape index (κ3) is 5.74. The molecule has 1 amide bonds. The first kappa shape index (κ1) is 25.2. The first-order valence-corrected chi connectivity index (χ1v) is 12.2. The minimum atomic E-state index is -0.526. The van der Waals surface area contributed by atoms with E-state index in [0.29, 0.717) is 30.2 Å². The van der Waals surface area contributed by atoms with Crippen LogP contribution in [0.15, 0.2) is 12.1 Å². The van der Waals surface area contributed by atoms with Crippen LogP contribution in [0, 0.1) is 5.92 Å². The van der Waals surface area contributed by atoms with Gasteiger partial charge >= 0.3 is 5.97 Å². The van der Waals surface area contributed by atoms with Crippen molar-refractivity contribution in [1.82, 2.24) is 4.90 Å². The summed E-state index contributed by atoms with van der Waals surface area (Å²) in [5.74, 6) is 1.12. The SMILES string of the molecule is COc1cc([C@@H](C(=O)N2CCCC[C@H]2C(=O)OC(C)C)C2CCCCC2)cc(OC)c1OC. The average molecular weight is 462 g/mol. The average Bonchev–Trinajstić information content (AvgIpc) is 2.83. The van der Waals surface area contributed by atoms with Crippen LogP contribution >= 0.6 is 0 Å². The summed E-state index contributed by atoms with van der Waals surface area (Å²) in [4.78, 5) is 28.8. The van der Waals surface area contributed by atoms with Crippen LogP contribution in [0.5, 0.6) is 17.2 Å². The molecule has 7 heteroatoms. The molecule has 184 valence electrons. The number of piperidine rings is 1. The zero-order chi connectivity index (χ0) is 24.0. The number of nitrogens with zero attached hydrogens (tertiary/aromatic N) is 1. The van der Waals surface area contributed by atoms with Crippen molar-refractivity contribution in [1.29, 1.82) is 0 Å². The van der Waals surface area contributed by atoms with Crippen molar-refractivity contribution in [2.45, 2.75) is 83.3 Å². The van der Waals surface area contributed by atoms with Crippen molar-refractivity contribution in [3.63, 3.8) is 0 Å². The molecule has 1 saturated heterocycles. The van der Waals surface area contributed by atoms with Gasteiger partial charge in [-0.25, -0.2) is 4.79 Å². The van der Waals surface area contributed by atoms with E-state index in [1.807, 2.05) is 26.0 Å². The predicted octanol–water partition coefficient (Wildman–Crippen LogP) is 4.71. The van der Waals surface area contributed by atoms with E-state index in [-0.39, 0.29) is 29.8 Å². The molecular formula is C26H39NO6. The van der Waals surface area contributed by atoms with E-state index in [9.17, 15) is 9.59 Å². The summed E-state index contributed by atoms with van der Waals surface area (Å²) in [7, 11) is 4.74. The number of rotatable bonds is 8. The van der Waals surface area contributed by atoms with Gasteiger partial charge in [0.2, 0.25) is 11.7 Å². The molecule has 0 aromatic heterocycles. The Bertz CT molecular complexity index is 792. The second kappa shape index (κ2) is 11.6. The molecule has 3 rings (SSSR count). The van der Waals surface area contributed by atoms with Crippen molar-refractivity contribution in [3.05, 3.63) is 17.7 Å². The number of esters is 1. The Hall–Kier alpha value is -2.44. The quantitative estimate of drug-likeness (QED) is 0.522. The number of hydrogen-bond acceptors (Lipinski definition) is 6. The molecule has 7 nitrogen and oxygen atoms in total. The lowest BCUT2D eigenvalue weighted by Crippen LogP contribution is -2.51. The summed E-state index contributed by atoms with van der Waals surface area (Å²) in [6.07, 6.45) is 7.63. The maximum atomic E-state index is 14.2. The van der Waals surface area contributed by atoms with Crippen LogP contribution in [0.2, 0.25) is 0 Å². The Labute approximate surface area is 197 Å². The van der Waals surface area contributed by atoms with Gasteiger partial charge in [0.15, 0.2) is 11.5 Å². The van der Waals surface area contributed by atoms with E-state index in [1.54, 1.807) is 26.2 Å². The zero-order valence-electron chi connectivity index (χ0n) is 20.7. The highest BCUT2D eigenvalue weighted by Crippen LogP contribution is 2.45. The number of benzene rings is 1. The maximum Gasteiger partial charge on any atom is 0.329 e. The summed E-state index contributed by atoms with van der Waals surface area (Å²) in [6.45, 7) is 4.26. The molecule has 33 heavy (non-hydrogen) atoms. The van der Waals surface area contributed by atoms with Crippen LogP contribution < -0.4 is 14.2 Å². The summed E-state index contributed by atoms with van der Waals surface area (Å²) in [5, 5.41) is 0. The lowest BCUT2D eigenvalue weighted by atomic mass is 9.75. The topological polar surface area (TPSA) is 74.3 Å². The summed E-state index contributed by atoms with van der Waals surface area (Å²) in [5.41, 5.74) is 0.850. The van der Waals surface area contributed by atoms with E-state index >= 15 is 0 Å². The van der Waals surface area contributed by atoms with Crippen LogP contribution in [-0.4, -0.2) is 56.8 Å². The molecule has 1 aliphatic heterocycles. The number of hydrogen-bond donors (Lipinski definition) is 0. The number of likely N-dealkylation sites (tertiary alicyclic amines) is 1. The number of carbonyl (C=O) groups is 2. The van der Waals surface area contributed by atoms with Crippen molar-refractivity contribution < 1.29 is 28.5 Å². The number of carbonyl (C=O) groups excluding carboxylic acids is 2. The lowest BCUT2D eigenvalue weighted by molar-refractivity contribution is -0.161. The standard InChI is InChI=1S/C26H39NO6/c1-17(2)33-26(29)20-13-9-10-14-27(20)25(28)23(18-11-7-6-8-12-18)19-15-21(30-3)24(32-5)22(16-19)31-4/h15-18,20,23H,6-14H2,1-5H3/t20-,23-/m0/s1. The van der Waals surface area contributed by atoms with Gasteiger partial charge in [0.05, 0.1) is 33.4 Å². The van der Waals surface area contributed by atoms with Gasteiger partial charge in [0, 0.05) is 6.54 Å². The van der Waals surface area contributed by atoms with Crippen LogP contribution in [0.1, 0.15) is 76.7 Å². The third-order valence-electron chi connectivity index (χ3n) is 6.84. The second-order valence-electron chi connectivity index (χ2n) is 9.36. The monoisotopic (exact) mass is 461 g/mol. The molecular weight excluding hydrogens is 422 g/mol. The molecule has 0 radical (unpaired) electrons. The fraction of sp³-hybridized carbons (Fsp3) is 0.692. The highest BCUT2D eigenvalue weighted by atomic mass is 16.5. The summed E-state index contributed by atoms with van der Waals surface area (Å²) in [6, 6.07) is 3.26. The molecule has 1 aromatic carbocycles. The van der Waals surface area contributed by atoms with E-state index in [1.165, 1.54) is 6.42 Å². The van der Waals surface area contributed by atoms with Crippen LogP contribution in [0.3, 0.4) is 0 Å². The molecule has 1 aromatic rings. The molecule has 1 saturated carbocycles. The molecule has 0 N–H and O–H groups in total. The Morgan fingerprint density at radius 1 is 0.879 bits per heavy atom. The third-order valence-corrected chi connectivity index (χ3v) is 6.84. The summed E-state index contributed by atoms with van der Waals surface area (Å²) < 4.78 is 22.2. The molecule has 0 spiro atoms. The maximum absolute atomic E-state index is 14.2. The zero-order valence-corrected chi connectivity index (χ0v) is 20.7. The molecule has 2 fully saturated rings. The van der Waals surface area contributed by atoms with Gasteiger partial charge < -0.3 is 23.8 Å². The molecule has 2 atom stereocenters. The first-order chi connectivity index (χ1) is 15.9. The molecule has 0 bridgehead atoms. The normalized spacial score (nSPS) is 20.3. The van der Waals surface area contributed by atoms with Gasteiger partial charge in [-0.15, -0.1) is 0 Å². The number of methoxy groups -OCH3 is 3. The Morgan fingerprint density at radius 2 is 1.48 bits per heavy atom. The predicted molar refractivity (Wildman–Crippen MR) is 126 cm³/mol. The van der Waals surface area contributed by atoms with E-state index in [0.717, 1.165) is 44.1 Å². The Morgan fingerprint density at radius 3 is 2.03 bits per heavy atom. The Balaban J connectivity index is 2.02. The van der Waals surface area contributed by atoms with E-state index in [2.05, 4.69) is 0 Å². The molecule has 2 aliphatic rings. The Kier molecular flexibility index (Phi) is 8.87. The highest BCUT2D eigenvalue weighted by Gasteiger charge is 2.41. The minimum Gasteiger partial charge on any atom is -0.493 e. The van der Waals surface area contributed by atoms with Crippen LogP contribution in [0.4, 0.5) is 0 Å². The van der Waals surface area contributed by atoms with Crippen molar-refractivity contribution in [3.8, 4) is 17.2 Å². The van der Waals surface area contributed by atoms with E-state index in [4.69, 9.17) is 18.9 Å². The van der Waals surface area contributed by atoms with Crippen molar-refractivity contribution in [2.75, 3.05) is 27.9 Å². The van der Waals surface area contributed by atoms with Crippen LogP contribution in [-0.2, 0) is 14.3 Å². The molecule has 1 heterocycles. The largest absolute Gasteiger partial charge is 0.493 e. The molecule has 1 aliphatic carbocycles. The van der Waals surface area contributed by atoms with Crippen molar-refractivity contribution in [2.24, 2.45) is 5.92 Å².